The number of ether oxygens (including phenoxy) is 2. The Labute approximate surface area is 191 Å². The van der Waals surface area contributed by atoms with Gasteiger partial charge in [-0.25, -0.2) is 4.68 Å². The van der Waals surface area contributed by atoms with Gasteiger partial charge in [0.05, 0.1) is 25.1 Å². The number of anilines is 2. The van der Waals surface area contributed by atoms with Gasteiger partial charge in [0.25, 0.3) is 0 Å². The van der Waals surface area contributed by atoms with E-state index in [4.69, 9.17) is 20.5 Å². The highest BCUT2D eigenvalue weighted by Crippen LogP contribution is 2.29. The number of carbonyl (C=O) groups excluding carboxylic acids is 2. The molecule has 9 heteroatoms. The van der Waals surface area contributed by atoms with Crippen LogP contribution in [0.25, 0.3) is 5.69 Å². The highest BCUT2D eigenvalue weighted by molar-refractivity contribution is 6.00. The minimum absolute atomic E-state index is 0.0371. The third-order valence-electron chi connectivity index (χ3n) is 4.77. The molecule has 0 spiro atoms. The van der Waals surface area contributed by atoms with Crippen LogP contribution in [0.4, 0.5) is 11.5 Å². The number of amides is 1. The summed E-state index contributed by atoms with van der Waals surface area (Å²) in [4.78, 5) is 24.9. The molecule has 170 valence electrons. The fraction of sp³-hybridized carbons (Fsp3) is 0.250. The van der Waals surface area contributed by atoms with E-state index in [0.29, 0.717) is 41.7 Å². The Balaban J connectivity index is 1.58. The van der Waals surface area contributed by atoms with Gasteiger partial charge in [0.15, 0.2) is 17.3 Å². The summed E-state index contributed by atoms with van der Waals surface area (Å²) >= 11 is 0. The largest absolute Gasteiger partial charge is 0.490 e. The average molecular weight is 447 g/mol. The van der Waals surface area contributed by atoms with Crippen molar-refractivity contribution in [2.45, 2.75) is 26.7 Å². The fourth-order valence-corrected chi connectivity index (χ4v) is 3.16. The summed E-state index contributed by atoms with van der Waals surface area (Å²) in [6.07, 6.45) is 1.49. The van der Waals surface area contributed by atoms with Crippen LogP contribution in [0.5, 0.6) is 11.5 Å². The van der Waals surface area contributed by atoms with E-state index in [-0.39, 0.29) is 35.9 Å². The van der Waals surface area contributed by atoms with Crippen molar-refractivity contribution in [2.24, 2.45) is 0 Å². The van der Waals surface area contributed by atoms with Crippen LogP contribution in [0.1, 0.15) is 42.6 Å². The van der Waals surface area contributed by atoms with Crippen LogP contribution >= 0.6 is 0 Å². The molecule has 3 rings (SSSR count). The number of hydrogen-bond donors (Lipinski definition) is 2. The lowest BCUT2D eigenvalue weighted by Gasteiger charge is -2.12. The van der Waals surface area contributed by atoms with Crippen molar-refractivity contribution in [3.05, 3.63) is 59.8 Å². The molecule has 0 aliphatic rings. The van der Waals surface area contributed by atoms with E-state index < -0.39 is 0 Å². The van der Waals surface area contributed by atoms with Crippen LogP contribution in [0, 0.1) is 11.3 Å². The molecule has 33 heavy (non-hydrogen) atoms. The van der Waals surface area contributed by atoms with E-state index in [9.17, 15) is 9.59 Å². The molecule has 2 aromatic carbocycles. The number of nitrogens with two attached hydrogens (primary N) is 1. The van der Waals surface area contributed by atoms with E-state index in [1.54, 1.807) is 42.5 Å². The highest BCUT2D eigenvalue weighted by Gasteiger charge is 2.14. The first-order valence-electron chi connectivity index (χ1n) is 10.5. The number of hydrogen-bond acceptors (Lipinski definition) is 7. The molecular weight excluding hydrogens is 422 g/mol. The lowest BCUT2D eigenvalue weighted by atomic mass is 10.1. The lowest BCUT2D eigenvalue weighted by Crippen LogP contribution is -2.13. The molecule has 0 saturated heterocycles. The molecule has 0 aliphatic carbocycles. The summed E-state index contributed by atoms with van der Waals surface area (Å²) in [5.74, 6) is 0.895. The Bertz CT molecular complexity index is 1180. The number of Topliss-reactive ketones (excluding diaryl/α,β-unsaturated/α-hetero) is 1. The second-order valence-electron chi connectivity index (χ2n) is 7.01. The summed E-state index contributed by atoms with van der Waals surface area (Å²) in [7, 11) is 0. The third-order valence-corrected chi connectivity index (χ3v) is 4.77. The van der Waals surface area contributed by atoms with Crippen LogP contribution in [0.15, 0.2) is 48.7 Å². The van der Waals surface area contributed by atoms with Crippen molar-refractivity contribution in [1.82, 2.24) is 9.78 Å². The van der Waals surface area contributed by atoms with E-state index in [2.05, 4.69) is 10.4 Å². The Kier molecular flexibility index (Phi) is 7.65. The Hall–Kier alpha value is -4.32. The van der Waals surface area contributed by atoms with E-state index >= 15 is 0 Å². The molecule has 9 nitrogen and oxygen atoms in total. The number of benzene rings is 2. The standard InChI is InChI=1S/C24H25N5O4/c1-3-32-21-11-5-16(13-22(21)33-4-2)20(30)10-12-23(31)28-18-6-8-19(9-7-18)29-24(26)17(14-25)15-27-29/h5-9,11,13,15H,3-4,10,12,26H2,1-2H3,(H,28,31). The predicted octanol–water partition coefficient (Wildman–Crippen LogP) is 3.73. The average Bonchev–Trinajstić information content (AvgIpc) is 3.19. The summed E-state index contributed by atoms with van der Waals surface area (Å²) < 4.78 is 12.5. The van der Waals surface area contributed by atoms with Crippen LogP contribution < -0.4 is 20.5 Å². The van der Waals surface area contributed by atoms with Crippen LogP contribution in [-0.2, 0) is 4.79 Å². The molecule has 0 radical (unpaired) electrons. The zero-order chi connectivity index (χ0) is 23.8. The van der Waals surface area contributed by atoms with Gasteiger partial charge >= 0.3 is 0 Å². The number of rotatable bonds is 10. The van der Waals surface area contributed by atoms with Crippen LogP contribution in [0.2, 0.25) is 0 Å². The van der Waals surface area contributed by atoms with E-state index in [0.717, 1.165) is 0 Å². The number of nitrogens with zero attached hydrogens (tertiary/aromatic N) is 3. The number of nitrogens with one attached hydrogen (secondary N) is 1. The first-order valence-corrected chi connectivity index (χ1v) is 10.5. The van der Waals surface area contributed by atoms with Crippen LogP contribution in [-0.4, -0.2) is 34.7 Å². The van der Waals surface area contributed by atoms with Gasteiger partial charge in [-0.05, 0) is 56.3 Å². The second kappa shape index (κ2) is 10.8. The van der Waals surface area contributed by atoms with Gasteiger partial charge < -0.3 is 20.5 Å². The molecule has 0 unspecified atom stereocenters. The van der Waals surface area contributed by atoms with Crippen molar-refractivity contribution < 1.29 is 19.1 Å². The Morgan fingerprint density at radius 3 is 2.39 bits per heavy atom. The number of nitriles is 1. The number of carbonyl (C=O) groups is 2. The Morgan fingerprint density at radius 2 is 1.76 bits per heavy atom. The SMILES string of the molecule is CCOc1ccc(C(=O)CCC(=O)Nc2ccc(-n3ncc(C#N)c3N)cc2)cc1OCC. The molecule has 3 aromatic rings. The van der Waals surface area contributed by atoms with Gasteiger partial charge in [-0.1, -0.05) is 0 Å². The molecule has 1 heterocycles. The zero-order valence-electron chi connectivity index (χ0n) is 18.5. The van der Waals surface area contributed by atoms with E-state index in [1.165, 1.54) is 10.9 Å². The fourth-order valence-electron chi connectivity index (χ4n) is 3.16. The van der Waals surface area contributed by atoms with Crippen molar-refractivity contribution in [1.29, 1.82) is 5.26 Å². The Morgan fingerprint density at radius 1 is 1.06 bits per heavy atom. The number of nitrogen functional groups attached to an aromatic ring is 1. The van der Waals surface area contributed by atoms with Gasteiger partial charge in [0, 0.05) is 24.1 Å². The molecular formula is C24H25N5O4. The van der Waals surface area contributed by atoms with Gasteiger partial charge in [0.2, 0.25) is 5.91 Å². The summed E-state index contributed by atoms with van der Waals surface area (Å²) in [6, 6.07) is 13.8. The first kappa shape index (κ1) is 23.3. The van der Waals surface area contributed by atoms with Gasteiger partial charge in [-0.2, -0.15) is 10.4 Å². The quantitative estimate of drug-likeness (QED) is 0.453. The minimum atomic E-state index is -0.280. The van der Waals surface area contributed by atoms with Crippen molar-refractivity contribution in [3.8, 4) is 23.3 Å². The molecule has 0 aliphatic heterocycles. The monoisotopic (exact) mass is 447 g/mol. The maximum absolute atomic E-state index is 12.6. The van der Waals surface area contributed by atoms with Crippen LogP contribution in [0.3, 0.4) is 0 Å². The minimum Gasteiger partial charge on any atom is -0.490 e. The van der Waals surface area contributed by atoms with Crippen molar-refractivity contribution >= 4 is 23.2 Å². The smallest absolute Gasteiger partial charge is 0.224 e. The summed E-state index contributed by atoms with van der Waals surface area (Å²) in [5.41, 5.74) is 7.87. The van der Waals surface area contributed by atoms with Gasteiger partial charge in [0.1, 0.15) is 17.5 Å². The van der Waals surface area contributed by atoms with E-state index in [1.807, 2.05) is 19.9 Å². The molecule has 0 saturated carbocycles. The molecule has 3 N–H and O–H groups in total. The molecule has 1 amide bonds. The summed E-state index contributed by atoms with van der Waals surface area (Å²) in [6.45, 7) is 4.67. The van der Waals surface area contributed by atoms with Gasteiger partial charge in [-0.3, -0.25) is 9.59 Å². The van der Waals surface area contributed by atoms with Gasteiger partial charge in [-0.15, -0.1) is 0 Å². The maximum Gasteiger partial charge on any atom is 0.224 e. The molecule has 1 aromatic heterocycles. The molecule has 0 atom stereocenters. The number of aromatic nitrogens is 2. The summed E-state index contributed by atoms with van der Waals surface area (Å²) in [5, 5.41) is 15.8. The normalized spacial score (nSPS) is 10.3. The number of ketones is 1. The molecule has 0 bridgehead atoms. The van der Waals surface area contributed by atoms with Crippen molar-refractivity contribution in [3.63, 3.8) is 0 Å². The second-order valence-corrected chi connectivity index (χ2v) is 7.01. The molecule has 0 fully saturated rings. The first-order chi connectivity index (χ1) is 16.0. The van der Waals surface area contributed by atoms with Crippen molar-refractivity contribution in [2.75, 3.05) is 24.3 Å². The highest BCUT2D eigenvalue weighted by atomic mass is 16.5. The third kappa shape index (κ3) is 5.68. The zero-order valence-corrected chi connectivity index (χ0v) is 18.5. The topological polar surface area (TPSA) is 132 Å². The lowest BCUT2D eigenvalue weighted by molar-refractivity contribution is -0.116. The predicted molar refractivity (Wildman–Crippen MR) is 124 cm³/mol. The maximum atomic E-state index is 12.6.